The van der Waals surface area contributed by atoms with E-state index < -0.39 is 11.5 Å². The van der Waals surface area contributed by atoms with E-state index in [9.17, 15) is 9.59 Å². The summed E-state index contributed by atoms with van der Waals surface area (Å²) in [4.78, 5) is 30.5. The van der Waals surface area contributed by atoms with Gasteiger partial charge < -0.3 is 18.8 Å². The zero-order valence-electron chi connectivity index (χ0n) is 14.3. The second-order valence-corrected chi connectivity index (χ2v) is 6.47. The number of likely N-dealkylation sites (tertiary alicyclic amines) is 1. The van der Waals surface area contributed by atoms with Crippen molar-refractivity contribution >= 4 is 28.5 Å². The number of rotatable bonds is 4. The number of ether oxygens (including phenoxy) is 2. The molecule has 4 rings (SSSR count). The van der Waals surface area contributed by atoms with Crippen LogP contribution in [-0.4, -0.2) is 42.1 Å². The first-order valence-electron chi connectivity index (χ1n) is 8.24. The molecule has 2 aromatic heterocycles. The van der Waals surface area contributed by atoms with E-state index in [-0.39, 0.29) is 11.7 Å². The Hall–Kier alpha value is -3.06. The van der Waals surface area contributed by atoms with E-state index in [1.54, 1.807) is 36.5 Å². The molecule has 0 bridgehead atoms. The minimum atomic E-state index is -0.700. The standard InChI is InChI=1S/C19H15ClN2O5/c1-25-15-6-2-4-11-8-13(19(24)27-16(11)15)18(23)22-9-12(10-22)26-17-14(20)5-3-7-21-17/h2-8,12H,9-10H2,1H3. The Morgan fingerprint density at radius 2 is 2.11 bits per heavy atom. The maximum Gasteiger partial charge on any atom is 0.349 e. The van der Waals surface area contributed by atoms with Crippen molar-refractivity contribution in [3.8, 4) is 11.6 Å². The molecule has 7 nitrogen and oxygen atoms in total. The van der Waals surface area contributed by atoms with Crippen molar-refractivity contribution < 1.29 is 18.7 Å². The summed E-state index contributed by atoms with van der Waals surface area (Å²) in [6, 6.07) is 10.1. The second-order valence-electron chi connectivity index (χ2n) is 6.07. The van der Waals surface area contributed by atoms with Gasteiger partial charge in [-0.25, -0.2) is 9.78 Å². The third-order valence-corrected chi connectivity index (χ3v) is 4.60. The van der Waals surface area contributed by atoms with E-state index in [0.717, 1.165) is 0 Å². The lowest BCUT2D eigenvalue weighted by molar-refractivity contribution is 0.0157. The van der Waals surface area contributed by atoms with Crippen molar-refractivity contribution in [2.45, 2.75) is 6.10 Å². The van der Waals surface area contributed by atoms with Crippen molar-refractivity contribution in [3.63, 3.8) is 0 Å². The molecule has 0 unspecified atom stereocenters. The van der Waals surface area contributed by atoms with Crippen molar-refractivity contribution in [1.82, 2.24) is 9.88 Å². The van der Waals surface area contributed by atoms with Crippen molar-refractivity contribution in [1.29, 1.82) is 0 Å². The number of aromatic nitrogens is 1. The van der Waals surface area contributed by atoms with Crippen molar-refractivity contribution in [2.24, 2.45) is 0 Å². The number of pyridine rings is 1. The van der Waals surface area contributed by atoms with Gasteiger partial charge in [-0.3, -0.25) is 4.79 Å². The average Bonchev–Trinajstić information content (AvgIpc) is 2.64. The molecule has 1 fully saturated rings. The highest BCUT2D eigenvalue weighted by molar-refractivity contribution is 6.31. The molecule has 1 saturated heterocycles. The SMILES string of the molecule is COc1cccc2cc(C(=O)N3CC(Oc4ncccc4Cl)C3)c(=O)oc12. The number of halogens is 1. The highest BCUT2D eigenvalue weighted by Crippen LogP contribution is 2.26. The number of nitrogens with zero attached hydrogens (tertiary/aromatic N) is 2. The third-order valence-electron chi connectivity index (χ3n) is 4.31. The molecule has 0 N–H and O–H groups in total. The molecular formula is C19H15ClN2O5. The van der Waals surface area contributed by atoms with E-state index in [1.165, 1.54) is 18.1 Å². The Morgan fingerprint density at radius 3 is 2.85 bits per heavy atom. The number of methoxy groups -OCH3 is 1. The predicted octanol–water partition coefficient (Wildman–Crippen LogP) is 2.75. The summed E-state index contributed by atoms with van der Waals surface area (Å²) in [6.07, 6.45) is 1.35. The number of carbonyl (C=O) groups is 1. The fraction of sp³-hybridized carbons (Fsp3) is 0.211. The van der Waals surface area contributed by atoms with Crippen molar-refractivity contribution in [2.75, 3.05) is 20.2 Å². The molecule has 0 spiro atoms. The number of fused-ring (bicyclic) bond motifs is 1. The van der Waals surface area contributed by atoms with Crippen LogP contribution in [0.4, 0.5) is 0 Å². The molecular weight excluding hydrogens is 372 g/mol. The number of hydrogen-bond donors (Lipinski definition) is 0. The van der Waals surface area contributed by atoms with E-state index in [4.69, 9.17) is 25.5 Å². The fourth-order valence-corrected chi connectivity index (χ4v) is 3.06. The summed E-state index contributed by atoms with van der Waals surface area (Å²) < 4.78 is 16.2. The number of carbonyl (C=O) groups excluding carboxylic acids is 1. The van der Waals surface area contributed by atoms with Gasteiger partial charge >= 0.3 is 5.63 Å². The molecule has 1 aliphatic heterocycles. The molecule has 1 aliphatic rings. The summed E-state index contributed by atoms with van der Waals surface area (Å²) in [6.45, 7) is 0.669. The van der Waals surface area contributed by atoms with E-state index >= 15 is 0 Å². The van der Waals surface area contributed by atoms with Gasteiger partial charge in [-0.05, 0) is 24.3 Å². The minimum absolute atomic E-state index is 0.0231. The van der Waals surface area contributed by atoms with Gasteiger partial charge in [0, 0.05) is 11.6 Å². The molecule has 0 aliphatic carbocycles. The maximum atomic E-state index is 12.6. The molecule has 1 aromatic carbocycles. The van der Waals surface area contributed by atoms with Crippen LogP contribution in [0.1, 0.15) is 10.4 Å². The molecule has 8 heteroatoms. The molecule has 27 heavy (non-hydrogen) atoms. The Kier molecular flexibility index (Phi) is 4.45. The molecule has 0 radical (unpaired) electrons. The van der Waals surface area contributed by atoms with Gasteiger partial charge in [0.25, 0.3) is 5.91 Å². The maximum absolute atomic E-state index is 12.6. The lowest BCUT2D eigenvalue weighted by Crippen LogP contribution is -2.56. The third kappa shape index (κ3) is 3.21. The van der Waals surface area contributed by atoms with Crippen LogP contribution in [0.2, 0.25) is 5.02 Å². The summed E-state index contributed by atoms with van der Waals surface area (Å²) >= 11 is 6.01. The highest BCUT2D eigenvalue weighted by Gasteiger charge is 2.35. The van der Waals surface area contributed by atoms with Gasteiger partial charge in [0.1, 0.15) is 16.7 Å². The highest BCUT2D eigenvalue weighted by atomic mass is 35.5. The summed E-state index contributed by atoms with van der Waals surface area (Å²) in [5, 5.41) is 1.03. The Bertz CT molecular complexity index is 1080. The number of hydrogen-bond acceptors (Lipinski definition) is 6. The van der Waals surface area contributed by atoms with Gasteiger partial charge in [-0.15, -0.1) is 0 Å². The van der Waals surface area contributed by atoms with Crippen LogP contribution in [0.5, 0.6) is 11.6 Å². The Balaban J connectivity index is 1.50. The van der Waals surface area contributed by atoms with Crippen LogP contribution in [0, 0.1) is 0 Å². The van der Waals surface area contributed by atoms with Crippen LogP contribution in [0.25, 0.3) is 11.0 Å². The Morgan fingerprint density at radius 1 is 1.30 bits per heavy atom. The fourth-order valence-electron chi connectivity index (χ4n) is 2.89. The summed E-state index contributed by atoms with van der Waals surface area (Å²) in [7, 11) is 1.49. The van der Waals surface area contributed by atoms with Crippen LogP contribution in [-0.2, 0) is 0 Å². The first kappa shape index (κ1) is 17.4. The van der Waals surface area contributed by atoms with Gasteiger partial charge in [0.05, 0.1) is 20.2 Å². The number of benzene rings is 1. The first-order chi connectivity index (χ1) is 13.1. The minimum Gasteiger partial charge on any atom is -0.493 e. The quantitative estimate of drug-likeness (QED) is 0.641. The molecule has 0 atom stereocenters. The van der Waals surface area contributed by atoms with Gasteiger partial charge in [0.15, 0.2) is 11.3 Å². The summed E-state index contributed by atoms with van der Waals surface area (Å²) in [5.74, 6) is 0.363. The monoisotopic (exact) mass is 386 g/mol. The molecule has 138 valence electrons. The van der Waals surface area contributed by atoms with Gasteiger partial charge in [0.2, 0.25) is 5.88 Å². The molecule has 1 amide bonds. The molecule has 0 saturated carbocycles. The van der Waals surface area contributed by atoms with Crippen LogP contribution < -0.4 is 15.1 Å². The second kappa shape index (κ2) is 6.92. The molecule has 3 aromatic rings. The van der Waals surface area contributed by atoms with Crippen LogP contribution in [0.3, 0.4) is 0 Å². The largest absolute Gasteiger partial charge is 0.493 e. The average molecular weight is 387 g/mol. The van der Waals surface area contributed by atoms with E-state index in [1.807, 2.05) is 0 Å². The van der Waals surface area contributed by atoms with Gasteiger partial charge in [-0.2, -0.15) is 0 Å². The lowest BCUT2D eigenvalue weighted by Gasteiger charge is -2.38. The smallest absolute Gasteiger partial charge is 0.349 e. The summed E-state index contributed by atoms with van der Waals surface area (Å²) in [5.41, 5.74) is -0.407. The normalized spacial score (nSPS) is 14.1. The Labute approximate surface area is 159 Å². The van der Waals surface area contributed by atoms with Crippen molar-refractivity contribution in [3.05, 3.63) is 63.6 Å². The molecule has 3 heterocycles. The predicted molar refractivity (Wildman–Crippen MR) is 98.6 cm³/mol. The van der Waals surface area contributed by atoms with E-state index in [0.29, 0.717) is 40.7 Å². The number of para-hydroxylation sites is 1. The number of amides is 1. The van der Waals surface area contributed by atoms with Crippen LogP contribution in [0.15, 0.2) is 51.8 Å². The zero-order valence-corrected chi connectivity index (χ0v) is 15.1. The topological polar surface area (TPSA) is 81.9 Å². The zero-order chi connectivity index (χ0) is 19.0. The first-order valence-corrected chi connectivity index (χ1v) is 8.62. The van der Waals surface area contributed by atoms with E-state index in [2.05, 4.69) is 4.98 Å². The van der Waals surface area contributed by atoms with Gasteiger partial charge in [-0.1, -0.05) is 23.7 Å². The van der Waals surface area contributed by atoms with Crippen LogP contribution >= 0.6 is 11.6 Å². The lowest BCUT2D eigenvalue weighted by atomic mass is 10.1.